The lowest BCUT2D eigenvalue weighted by atomic mass is 10.1. The van der Waals surface area contributed by atoms with E-state index in [1.165, 1.54) is 17.5 Å². The Morgan fingerprint density at radius 2 is 0.867 bits per heavy atom. The first-order chi connectivity index (χ1) is 6.97. The maximum Gasteiger partial charge on any atom is 0.0108 e. The minimum absolute atomic E-state index is 0. The molecule has 0 atom stereocenters. The first-order valence-corrected chi connectivity index (χ1v) is 5.21. The van der Waals surface area contributed by atoms with Crippen molar-refractivity contribution < 1.29 is 0 Å². The molecule has 0 N–H and O–H groups in total. The van der Waals surface area contributed by atoms with Gasteiger partial charge in [-0.05, 0) is 11.1 Å². The highest BCUT2D eigenvalue weighted by atomic mass is 35.5. The van der Waals surface area contributed by atoms with Crippen LogP contribution in [-0.4, -0.2) is 6.38 Å². The summed E-state index contributed by atoms with van der Waals surface area (Å²) < 4.78 is 0. The Bertz CT molecular complexity index is 308. The summed E-state index contributed by atoms with van der Waals surface area (Å²) in [5.74, 6) is 0. The van der Waals surface area contributed by atoms with E-state index in [1.807, 2.05) is 12.1 Å². The molecular formula is C13H15ClS. The first kappa shape index (κ1) is 14.1. The van der Waals surface area contributed by atoms with Gasteiger partial charge in [0.05, 0.1) is 0 Å². The smallest absolute Gasteiger partial charge is 0.0108 e. The van der Waals surface area contributed by atoms with Gasteiger partial charge in [-0.2, -0.15) is 13.5 Å². The maximum absolute atomic E-state index is 4.64. The molecular weight excluding hydrogens is 224 g/mol. The second kappa shape index (κ2) is 8.39. The van der Waals surface area contributed by atoms with Gasteiger partial charge in [-0.3, -0.25) is 0 Å². The van der Waals surface area contributed by atoms with Crippen LogP contribution in [-0.2, 0) is 0 Å². The summed E-state index contributed by atoms with van der Waals surface area (Å²) in [6, 6.07) is 20.8. The van der Waals surface area contributed by atoms with E-state index in [0.29, 0.717) is 0 Å². The highest BCUT2D eigenvalue weighted by molar-refractivity contribution is 7.59. The standard InChI is InChI=1S/C12H10.CH3Cl.H2S/c1-3-7-11(8-4-1)12-9-5-2-6-10-12;1-2;/h1-10H;1H3;1H2. The molecule has 0 radical (unpaired) electrons. The van der Waals surface area contributed by atoms with E-state index in [4.69, 9.17) is 0 Å². The van der Waals surface area contributed by atoms with Crippen molar-refractivity contribution in [1.29, 1.82) is 0 Å². The predicted molar refractivity (Wildman–Crippen MR) is 74.0 cm³/mol. The van der Waals surface area contributed by atoms with Crippen LogP contribution in [0.1, 0.15) is 0 Å². The molecule has 0 aromatic heterocycles. The Kier molecular flexibility index (Phi) is 7.88. The van der Waals surface area contributed by atoms with E-state index >= 15 is 0 Å². The SMILES string of the molecule is CCl.S.c1ccc(-c2ccccc2)cc1. The van der Waals surface area contributed by atoms with Crippen molar-refractivity contribution in [2.75, 3.05) is 6.38 Å². The Balaban J connectivity index is 0.000000617. The van der Waals surface area contributed by atoms with E-state index < -0.39 is 0 Å². The minimum Gasteiger partial charge on any atom is -0.197 e. The van der Waals surface area contributed by atoms with Crippen molar-refractivity contribution >= 4 is 25.1 Å². The minimum atomic E-state index is 0. The Morgan fingerprint density at radius 1 is 0.600 bits per heavy atom. The third kappa shape index (κ3) is 4.41. The summed E-state index contributed by atoms with van der Waals surface area (Å²) in [5.41, 5.74) is 2.55. The van der Waals surface area contributed by atoms with Gasteiger partial charge >= 0.3 is 0 Å². The molecule has 0 saturated carbocycles. The summed E-state index contributed by atoms with van der Waals surface area (Å²) in [4.78, 5) is 0. The van der Waals surface area contributed by atoms with E-state index in [-0.39, 0.29) is 13.5 Å². The Morgan fingerprint density at radius 3 is 1.13 bits per heavy atom. The monoisotopic (exact) mass is 238 g/mol. The molecule has 2 heteroatoms. The molecule has 0 nitrogen and oxygen atoms in total. The fourth-order valence-corrected chi connectivity index (χ4v) is 1.26. The van der Waals surface area contributed by atoms with Gasteiger partial charge in [0.25, 0.3) is 0 Å². The normalized spacial score (nSPS) is 8.13. The van der Waals surface area contributed by atoms with E-state index in [2.05, 4.69) is 60.1 Å². The van der Waals surface area contributed by atoms with Gasteiger partial charge in [0, 0.05) is 6.38 Å². The van der Waals surface area contributed by atoms with Gasteiger partial charge in [-0.1, -0.05) is 60.7 Å². The average molecular weight is 239 g/mol. The van der Waals surface area contributed by atoms with E-state index in [9.17, 15) is 0 Å². The number of halogens is 1. The molecule has 0 aliphatic carbocycles. The fourth-order valence-electron chi connectivity index (χ4n) is 1.26. The van der Waals surface area contributed by atoms with E-state index in [1.54, 1.807) is 0 Å². The molecule has 2 rings (SSSR count). The lowest BCUT2D eigenvalue weighted by Gasteiger charge is -1.98. The van der Waals surface area contributed by atoms with Gasteiger partial charge in [-0.25, -0.2) is 0 Å². The van der Waals surface area contributed by atoms with Crippen LogP contribution in [0.2, 0.25) is 0 Å². The zero-order valence-corrected chi connectivity index (χ0v) is 10.4. The van der Waals surface area contributed by atoms with Gasteiger partial charge in [-0.15, -0.1) is 11.6 Å². The van der Waals surface area contributed by atoms with Gasteiger partial charge in [0.1, 0.15) is 0 Å². The molecule has 80 valence electrons. The quantitative estimate of drug-likeness (QED) is 0.649. The second-order valence-electron chi connectivity index (χ2n) is 2.73. The van der Waals surface area contributed by atoms with Crippen molar-refractivity contribution in [3.8, 4) is 11.1 Å². The van der Waals surface area contributed by atoms with Crippen LogP contribution in [0.4, 0.5) is 0 Å². The van der Waals surface area contributed by atoms with Crippen LogP contribution >= 0.6 is 25.1 Å². The summed E-state index contributed by atoms with van der Waals surface area (Å²) in [6.07, 6.45) is 1.47. The zero-order valence-electron chi connectivity index (χ0n) is 8.65. The maximum atomic E-state index is 4.64. The largest absolute Gasteiger partial charge is 0.197 e. The lowest BCUT2D eigenvalue weighted by Crippen LogP contribution is -1.73. The number of hydrogen-bond acceptors (Lipinski definition) is 0. The number of alkyl halides is 1. The molecule has 0 amide bonds. The Hall–Kier alpha value is -0.920. The molecule has 0 spiro atoms. The number of hydrogen-bond donors (Lipinski definition) is 0. The zero-order chi connectivity index (χ0) is 10.2. The van der Waals surface area contributed by atoms with E-state index in [0.717, 1.165) is 0 Å². The molecule has 0 aliphatic heterocycles. The second-order valence-corrected chi connectivity index (χ2v) is 2.73. The fraction of sp³-hybridized carbons (Fsp3) is 0.0769. The topological polar surface area (TPSA) is 0 Å². The lowest BCUT2D eigenvalue weighted by molar-refractivity contribution is 1.62. The Labute approximate surface area is 103 Å². The van der Waals surface area contributed by atoms with Crippen molar-refractivity contribution in [1.82, 2.24) is 0 Å². The van der Waals surface area contributed by atoms with Crippen molar-refractivity contribution in [2.24, 2.45) is 0 Å². The van der Waals surface area contributed by atoms with Crippen molar-refractivity contribution in [3.63, 3.8) is 0 Å². The van der Waals surface area contributed by atoms with Gasteiger partial charge in [0.15, 0.2) is 0 Å². The molecule has 2 aromatic rings. The highest BCUT2D eigenvalue weighted by Gasteiger charge is 1.91. The van der Waals surface area contributed by atoms with Gasteiger partial charge in [0.2, 0.25) is 0 Å². The predicted octanol–water partition coefficient (Wildman–Crippen LogP) is 4.32. The molecule has 2 aromatic carbocycles. The van der Waals surface area contributed by atoms with Crippen LogP contribution in [0.5, 0.6) is 0 Å². The summed E-state index contributed by atoms with van der Waals surface area (Å²) in [5, 5.41) is 0. The molecule has 0 aliphatic rings. The average Bonchev–Trinajstić information content (AvgIpc) is 2.34. The van der Waals surface area contributed by atoms with Crippen molar-refractivity contribution in [3.05, 3.63) is 60.7 Å². The van der Waals surface area contributed by atoms with Gasteiger partial charge < -0.3 is 0 Å². The summed E-state index contributed by atoms with van der Waals surface area (Å²) in [7, 11) is 0. The van der Waals surface area contributed by atoms with Crippen LogP contribution < -0.4 is 0 Å². The third-order valence-electron chi connectivity index (χ3n) is 1.88. The van der Waals surface area contributed by atoms with Crippen LogP contribution in [0.15, 0.2) is 60.7 Å². The van der Waals surface area contributed by atoms with Crippen molar-refractivity contribution in [2.45, 2.75) is 0 Å². The summed E-state index contributed by atoms with van der Waals surface area (Å²) >= 11 is 4.64. The van der Waals surface area contributed by atoms with Crippen LogP contribution in [0.3, 0.4) is 0 Å². The molecule has 0 bridgehead atoms. The third-order valence-corrected chi connectivity index (χ3v) is 1.88. The molecule has 0 unspecified atom stereocenters. The number of benzene rings is 2. The molecule has 0 fully saturated rings. The molecule has 0 saturated heterocycles. The highest BCUT2D eigenvalue weighted by Crippen LogP contribution is 2.17. The summed E-state index contributed by atoms with van der Waals surface area (Å²) in [6.45, 7) is 0. The molecule has 0 heterocycles. The number of rotatable bonds is 1. The van der Waals surface area contributed by atoms with Crippen LogP contribution in [0, 0.1) is 0 Å². The van der Waals surface area contributed by atoms with Crippen LogP contribution in [0.25, 0.3) is 11.1 Å². The first-order valence-electron chi connectivity index (χ1n) is 4.45. The molecule has 15 heavy (non-hydrogen) atoms.